The SMILES string of the molecule is CCCc1cc(OS(=O)(=O)c2cccc3ccccc23)n(-c2ccc(Cl)cc2)n1. The van der Waals surface area contributed by atoms with Gasteiger partial charge in [0.2, 0.25) is 5.88 Å². The monoisotopic (exact) mass is 426 g/mol. The van der Waals surface area contributed by atoms with Crippen LogP contribution in [-0.2, 0) is 16.5 Å². The van der Waals surface area contributed by atoms with E-state index in [9.17, 15) is 8.42 Å². The number of fused-ring (bicyclic) bond motifs is 1. The number of benzene rings is 3. The molecule has 4 rings (SSSR count). The summed E-state index contributed by atoms with van der Waals surface area (Å²) in [6.45, 7) is 2.04. The standard InChI is InChI=1S/C22H19ClN2O3S/c1-2-6-18-15-22(25(24-18)19-13-11-17(23)12-14-19)28-29(26,27)21-10-5-8-16-7-3-4-9-20(16)21/h3-5,7-15H,2,6H2,1H3. The molecule has 7 heteroatoms. The summed E-state index contributed by atoms with van der Waals surface area (Å²) >= 11 is 5.98. The fourth-order valence-corrected chi connectivity index (χ4v) is 4.45. The van der Waals surface area contributed by atoms with Gasteiger partial charge in [0.25, 0.3) is 0 Å². The molecule has 0 spiro atoms. The van der Waals surface area contributed by atoms with Crippen LogP contribution in [0.2, 0.25) is 5.02 Å². The lowest BCUT2D eigenvalue weighted by molar-refractivity contribution is 0.466. The lowest BCUT2D eigenvalue weighted by Crippen LogP contribution is -2.13. The predicted molar refractivity (Wildman–Crippen MR) is 114 cm³/mol. The third-order valence-corrected chi connectivity index (χ3v) is 6.06. The smallest absolute Gasteiger partial charge is 0.341 e. The number of hydrogen-bond acceptors (Lipinski definition) is 4. The highest BCUT2D eigenvalue weighted by molar-refractivity contribution is 7.87. The van der Waals surface area contributed by atoms with Gasteiger partial charge in [0.05, 0.1) is 11.4 Å². The average Bonchev–Trinajstić information content (AvgIpc) is 3.10. The maximum atomic E-state index is 13.1. The summed E-state index contributed by atoms with van der Waals surface area (Å²) in [5, 5.41) is 6.55. The number of aryl methyl sites for hydroxylation is 1. The lowest BCUT2D eigenvalue weighted by atomic mass is 10.1. The van der Waals surface area contributed by atoms with Gasteiger partial charge in [-0.15, -0.1) is 0 Å². The summed E-state index contributed by atoms with van der Waals surface area (Å²) in [6, 6.07) is 21.1. The average molecular weight is 427 g/mol. The molecule has 0 unspecified atom stereocenters. The molecule has 0 fully saturated rings. The Morgan fingerprint density at radius 2 is 1.72 bits per heavy atom. The molecule has 0 bridgehead atoms. The van der Waals surface area contributed by atoms with Crippen LogP contribution in [0.15, 0.2) is 77.7 Å². The lowest BCUT2D eigenvalue weighted by Gasteiger charge is -2.11. The van der Waals surface area contributed by atoms with Crippen LogP contribution in [0, 0.1) is 0 Å². The van der Waals surface area contributed by atoms with Gasteiger partial charge in [-0.25, -0.2) is 0 Å². The van der Waals surface area contributed by atoms with E-state index in [0.29, 0.717) is 22.5 Å². The highest BCUT2D eigenvalue weighted by Crippen LogP contribution is 2.28. The molecule has 0 radical (unpaired) electrons. The molecule has 0 aliphatic heterocycles. The van der Waals surface area contributed by atoms with Crippen LogP contribution in [0.25, 0.3) is 16.5 Å². The normalized spacial score (nSPS) is 11.7. The van der Waals surface area contributed by atoms with E-state index < -0.39 is 10.1 Å². The zero-order valence-electron chi connectivity index (χ0n) is 15.7. The molecule has 0 saturated heterocycles. The van der Waals surface area contributed by atoms with Crippen molar-refractivity contribution in [2.45, 2.75) is 24.7 Å². The van der Waals surface area contributed by atoms with Crippen molar-refractivity contribution in [3.63, 3.8) is 0 Å². The van der Waals surface area contributed by atoms with E-state index in [4.69, 9.17) is 15.8 Å². The summed E-state index contributed by atoms with van der Waals surface area (Å²) < 4.78 is 33.3. The first-order valence-corrected chi connectivity index (χ1v) is 11.0. The van der Waals surface area contributed by atoms with Crippen molar-refractivity contribution in [3.05, 3.63) is 83.5 Å². The Kier molecular flexibility index (Phi) is 5.30. The van der Waals surface area contributed by atoms with Gasteiger partial charge in [0.1, 0.15) is 4.90 Å². The molecule has 3 aromatic carbocycles. The van der Waals surface area contributed by atoms with Crippen molar-refractivity contribution >= 4 is 32.5 Å². The van der Waals surface area contributed by atoms with Gasteiger partial charge in [-0.1, -0.05) is 61.3 Å². The predicted octanol–water partition coefficient (Wildman–Crippen LogP) is 5.40. The van der Waals surface area contributed by atoms with Crippen molar-refractivity contribution < 1.29 is 12.6 Å². The van der Waals surface area contributed by atoms with Gasteiger partial charge in [-0.3, -0.25) is 0 Å². The Morgan fingerprint density at radius 1 is 1.00 bits per heavy atom. The maximum absolute atomic E-state index is 13.1. The van der Waals surface area contributed by atoms with E-state index in [1.807, 2.05) is 25.1 Å². The number of rotatable bonds is 6. The summed E-state index contributed by atoms with van der Waals surface area (Å²) in [7, 11) is -4.07. The molecule has 29 heavy (non-hydrogen) atoms. The molecular weight excluding hydrogens is 408 g/mol. The minimum Gasteiger partial charge on any atom is -0.358 e. The molecular formula is C22H19ClN2O3S. The van der Waals surface area contributed by atoms with Crippen LogP contribution >= 0.6 is 11.6 Å². The Balaban J connectivity index is 1.79. The molecule has 1 heterocycles. The van der Waals surface area contributed by atoms with E-state index in [0.717, 1.165) is 17.5 Å². The molecule has 0 aliphatic rings. The van der Waals surface area contributed by atoms with Crippen molar-refractivity contribution in [3.8, 4) is 11.6 Å². The summed E-state index contributed by atoms with van der Waals surface area (Å²) in [4.78, 5) is 0.122. The van der Waals surface area contributed by atoms with Crippen molar-refractivity contribution in [2.24, 2.45) is 0 Å². The zero-order chi connectivity index (χ0) is 20.4. The second-order valence-corrected chi connectivity index (χ2v) is 8.58. The van der Waals surface area contributed by atoms with E-state index in [1.165, 1.54) is 4.68 Å². The molecule has 148 valence electrons. The number of hydrogen-bond donors (Lipinski definition) is 0. The Hall–Kier alpha value is -2.83. The van der Waals surface area contributed by atoms with Crippen LogP contribution in [-0.4, -0.2) is 18.2 Å². The minimum absolute atomic E-state index is 0.122. The first-order valence-electron chi connectivity index (χ1n) is 9.25. The molecule has 0 N–H and O–H groups in total. The quantitative estimate of drug-likeness (QED) is 0.387. The minimum atomic E-state index is -4.07. The summed E-state index contributed by atoms with van der Waals surface area (Å²) in [6.07, 6.45) is 1.60. The summed E-state index contributed by atoms with van der Waals surface area (Å²) in [5.74, 6) is 0.142. The Morgan fingerprint density at radius 3 is 2.48 bits per heavy atom. The molecule has 1 aromatic heterocycles. The van der Waals surface area contributed by atoms with Crippen LogP contribution < -0.4 is 4.18 Å². The number of aromatic nitrogens is 2. The molecule has 0 atom stereocenters. The molecule has 0 saturated carbocycles. The van der Waals surface area contributed by atoms with Gasteiger partial charge in [0, 0.05) is 16.5 Å². The van der Waals surface area contributed by atoms with Gasteiger partial charge in [-0.05, 0) is 42.1 Å². The first kappa shape index (κ1) is 19.5. The van der Waals surface area contributed by atoms with Crippen LogP contribution in [0.1, 0.15) is 19.0 Å². The van der Waals surface area contributed by atoms with Crippen LogP contribution in [0.5, 0.6) is 5.88 Å². The number of halogens is 1. The molecule has 0 amide bonds. The third kappa shape index (κ3) is 3.99. The van der Waals surface area contributed by atoms with E-state index >= 15 is 0 Å². The number of nitrogens with zero attached hydrogens (tertiary/aromatic N) is 2. The molecule has 4 aromatic rings. The second kappa shape index (κ2) is 7.89. The van der Waals surface area contributed by atoms with Crippen molar-refractivity contribution in [1.29, 1.82) is 0 Å². The highest BCUT2D eigenvalue weighted by atomic mass is 35.5. The summed E-state index contributed by atoms with van der Waals surface area (Å²) in [5.41, 5.74) is 1.42. The van der Waals surface area contributed by atoms with E-state index in [2.05, 4.69) is 5.10 Å². The zero-order valence-corrected chi connectivity index (χ0v) is 17.3. The van der Waals surface area contributed by atoms with Crippen LogP contribution in [0.3, 0.4) is 0 Å². The van der Waals surface area contributed by atoms with Crippen molar-refractivity contribution in [1.82, 2.24) is 9.78 Å². The van der Waals surface area contributed by atoms with Gasteiger partial charge in [-0.2, -0.15) is 18.2 Å². The maximum Gasteiger partial charge on any atom is 0.341 e. The first-order chi connectivity index (χ1) is 14.0. The Bertz CT molecular complexity index is 1260. The topological polar surface area (TPSA) is 61.2 Å². The van der Waals surface area contributed by atoms with Crippen molar-refractivity contribution in [2.75, 3.05) is 0 Å². The largest absolute Gasteiger partial charge is 0.358 e. The fourth-order valence-electron chi connectivity index (χ4n) is 3.19. The van der Waals surface area contributed by atoms with Crippen LogP contribution in [0.4, 0.5) is 0 Å². The molecule has 0 aliphatic carbocycles. The van der Waals surface area contributed by atoms with Gasteiger partial charge >= 0.3 is 10.1 Å². The highest BCUT2D eigenvalue weighted by Gasteiger charge is 2.23. The molecule has 5 nitrogen and oxygen atoms in total. The van der Waals surface area contributed by atoms with E-state index in [1.54, 1.807) is 54.6 Å². The fraction of sp³-hybridized carbons (Fsp3) is 0.136. The third-order valence-electron chi connectivity index (χ3n) is 4.52. The van der Waals surface area contributed by atoms with Gasteiger partial charge < -0.3 is 4.18 Å². The van der Waals surface area contributed by atoms with E-state index in [-0.39, 0.29) is 10.8 Å². The second-order valence-electron chi connectivity index (χ2n) is 6.63. The Labute approximate surface area is 174 Å². The van der Waals surface area contributed by atoms with Gasteiger partial charge in [0.15, 0.2) is 0 Å².